The highest BCUT2D eigenvalue weighted by atomic mass is 32.1. The van der Waals surface area contributed by atoms with E-state index in [4.69, 9.17) is 5.73 Å². The van der Waals surface area contributed by atoms with Gasteiger partial charge >= 0.3 is 6.18 Å². The first-order valence-electron chi connectivity index (χ1n) is 8.91. The van der Waals surface area contributed by atoms with E-state index in [-0.39, 0.29) is 25.7 Å². The summed E-state index contributed by atoms with van der Waals surface area (Å²) in [7, 11) is 0. The molecule has 0 aliphatic rings. The second-order valence-corrected chi connectivity index (χ2v) is 8.65. The Balaban J connectivity index is 1.80. The fraction of sp³-hybridized carbons (Fsp3) is 0.0952. The number of nitrogens with zero attached hydrogens (tertiary/aromatic N) is 1. The summed E-state index contributed by atoms with van der Waals surface area (Å²) in [6.45, 7) is 1.90. The van der Waals surface area contributed by atoms with Crippen molar-refractivity contribution in [2.75, 3.05) is 11.1 Å². The average molecular weight is 461 g/mol. The van der Waals surface area contributed by atoms with Crippen molar-refractivity contribution in [2.24, 2.45) is 0 Å². The monoisotopic (exact) mass is 461 g/mol. The van der Waals surface area contributed by atoms with Crippen LogP contribution in [0.5, 0.6) is 0 Å². The van der Waals surface area contributed by atoms with Crippen molar-refractivity contribution in [3.8, 4) is 0 Å². The number of nitrogen functional groups attached to an aromatic ring is 1. The number of fused-ring (bicyclic) bond motifs is 1. The van der Waals surface area contributed by atoms with E-state index in [0.717, 1.165) is 34.3 Å². The minimum absolute atomic E-state index is 0.0222. The van der Waals surface area contributed by atoms with Crippen molar-refractivity contribution in [1.82, 2.24) is 4.98 Å². The summed E-state index contributed by atoms with van der Waals surface area (Å²) in [6, 6.07) is 11.1. The lowest BCUT2D eigenvalue weighted by Crippen LogP contribution is -2.15. The van der Waals surface area contributed by atoms with Gasteiger partial charge < -0.3 is 11.1 Å². The number of carbonyl (C=O) groups excluding carboxylic acids is 2. The number of halogens is 3. The van der Waals surface area contributed by atoms with Gasteiger partial charge in [-0.15, -0.1) is 22.7 Å². The van der Waals surface area contributed by atoms with Gasteiger partial charge in [-0.2, -0.15) is 13.2 Å². The fourth-order valence-corrected chi connectivity index (χ4v) is 4.61. The van der Waals surface area contributed by atoms with Gasteiger partial charge in [0.15, 0.2) is 5.69 Å². The van der Waals surface area contributed by atoms with Gasteiger partial charge in [0.05, 0.1) is 16.1 Å². The van der Waals surface area contributed by atoms with Crippen LogP contribution in [0.3, 0.4) is 0 Å². The molecule has 3 heterocycles. The lowest BCUT2D eigenvalue weighted by atomic mass is 10.1. The molecule has 4 aromatic rings. The smallest absolute Gasteiger partial charge is 0.397 e. The molecule has 0 aliphatic carbocycles. The van der Waals surface area contributed by atoms with Crippen molar-refractivity contribution in [3.05, 3.63) is 74.4 Å². The van der Waals surface area contributed by atoms with Crippen molar-refractivity contribution in [1.29, 1.82) is 0 Å². The zero-order chi connectivity index (χ0) is 22.3. The number of aryl methyl sites for hydroxylation is 1. The number of carbonyl (C=O) groups is 2. The van der Waals surface area contributed by atoms with Crippen LogP contribution < -0.4 is 11.1 Å². The van der Waals surface area contributed by atoms with E-state index in [2.05, 4.69) is 10.3 Å². The number of anilines is 2. The summed E-state index contributed by atoms with van der Waals surface area (Å²) in [5.41, 5.74) is 5.69. The van der Waals surface area contributed by atoms with E-state index in [9.17, 15) is 22.8 Å². The maximum Gasteiger partial charge on any atom is 0.434 e. The number of hydrogen-bond acceptors (Lipinski definition) is 6. The third-order valence-electron chi connectivity index (χ3n) is 4.49. The Morgan fingerprint density at radius 1 is 1.13 bits per heavy atom. The summed E-state index contributed by atoms with van der Waals surface area (Å²) in [4.78, 5) is 29.2. The zero-order valence-corrected chi connectivity index (χ0v) is 17.5. The van der Waals surface area contributed by atoms with Gasteiger partial charge in [-0.25, -0.2) is 4.98 Å². The number of thiophene rings is 2. The Morgan fingerprint density at radius 2 is 1.84 bits per heavy atom. The third-order valence-corrected chi connectivity index (χ3v) is 6.48. The fourth-order valence-electron chi connectivity index (χ4n) is 2.96. The van der Waals surface area contributed by atoms with Crippen molar-refractivity contribution in [2.45, 2.75) is 13.1 Å². The van der Waals surface area contributed by atoms with Crippen LogP contribution in [-0.2, 0) is 6.18 Å². The maximum atomic E-state index is 13.6. The number of amides is 1. The Hall–Kier alpha value is -3.24. The van der Waals surface area contributed by atoms with Gasteiger partial charge in [0.2, 0.25) is 5.78 Å². The molecule has 0 saturated heterocycles. The minimum Gasteiger partial charge on any atom is -0.397 e. The highest BCUT2D eigenvalue weighted by molar-refractivity contribution is 7.21. The molecule has 0 spiro atoms. The molecule has 1 aromatic carbocycles. The van der Waals surface area contributed by atoms with Crippen LogP contribution in [0.1, 0.15) is 36.2 Å². The molecule has 0 aliphatic heterocycles. The zero-order valence-electron chi connectivity index (χ0n) is 15.9. The molecule has 5 nitrogen and oxygen atoms in total. The molecule has 0 fully saturated rings. The van der Waals surface area contributed by atoms with Gasteiger partial charge in [0.25, 0.3) is 5.91 Å². The molecule has 4 rings (SSSR count). The number of rotatable bonds is 4. The SMILES string of the molecule is Cc1ccc(NC(=O)c2sc3nc(C(F)(F)F)c(C(=O)c4cccs4)cc3c2N)cc1. The Kier molecular flexibility index (Phi) is 5.28. The lowest BCUT2D eigenvalue weighted by Gasteiger charge is -2.11. The van der Waals surface area contributed by atoms with E-state index >= 15 is 0 Å². The van der Waals surface area contributed by atoms with E-state index in [1.165, 1.54) is 6.07 Å². The second kappa shape index (κ2) is 7.78. The first kappa shape index (κ1) is 21.0. The molecule has 0 saturated carbocycles. The molecule has 3 N–H and O–H groups in total. The summed E-state index contributed by atoms with van der Waals surface area (Å²) < 4.78 is 40.9. The van der Waals surface area contributed by atoms with Crippen LogP contribution in [0.4, 0.5) is 24.5 Å². The maximum absolute atomic E-state index is 13.6. The number of aromatic nitrogens is 1. The number of nitrogens with two attached hydrogens (primary N) is 1. The molecule has 0 radical (unpaired) electrons. The Bertz CT molecular complexity index is 1290. The van der Waals surface area contributed by atoms with Crippen molar-refractivity contribution < 1.29 is 22.8 Å². The van der Waals surface area contributed by atoms with E-state index < -0.39 is 29.1 Å². The number of pyridine rings is 1. The molecule has 1 amide bonds. The molecule has 0 bridgehead atoms. The standard InChI is InChI=1S/C21H14F3N3O2S2/c1-10-4-6-11(7-5-10)26-19(29)17-15(25)12-9-13(16(28)14-3-2-8-30-14)18(21(22,23)24)27-20(12)31-17/h2-9H,25H2,1H3,(H,26,29). The number of nitrogens with one attached hydrogen (secondary N) is 1. The topological polar surface area (TPSA) is 85.1 Å². The van der Waals surface area contributed by atoms with Crippen molar-refractivity contribution in [3.63, 3.8) is 0 Å². The number of hydrogen-bond donors (Lipinski definition) is 2. The van der Waals surface area contributed by atoms with Crippen LogP contribution >= 0.6 is 22.7 Å². The molecule has 10 heteroatoms. The van der Waals surface area contributed by atoms with Gasteiger partial charge in [-0.1, -0.05) is 23.8 Å². The van der Waals surface area contributed by atoms with Gasteiger partial charge in [0, 0.05) is 11.1 Å². The predicted octanol–water partition coefficient (Wildman–Crippen LogP) is 5.75. The van der Waals surface area contributed by atoms with Gasteiger partial charge in [0.1, 0.15) is 9.71 Å². The first-order chi connectivity index (χ1) is 14.6. The number of ketones is 1. The highest BCUT2D eigenvalue weighted by Gasteiger charge is 2.38. The number of alkyl halides is 3. The summed E-state index contributed by atoms with van der Waals surface area (Å²) >= 11 is 1.78. The minimum atomic E-state index is -4.85. The van der Waals surface area contributed by atoms with Crippen LogP contribution in [-0.4, -0.2) is 16.7 Å². The van der Waals surface area contributed by atoms with Crippen LogP contribution in [0, 0.1) is 6.92 Å². The van der Waals surface area contributed by atoms with Gasteiger partial charge in [-0.05, 0) is 36.6 Å². The first-order valence-corrected chi connectivity index (χ1v) is 10.6. The summed E-state index contributed by atoms with van der Waals surface area (Å²) in [5, 5.41) is 4.40. The van der Waals surface area contributed by atoms with E-state index in [1.807, 2.05) is 19.1 Å². The highest BCUT2D eigenvalue weighted by Crippen LogP contribution is 2.39. The van der Waals surface area contributed by atoms with Crippen molar-refractivity contribution >= 4 is 56.0 Å². The Labute approximate surface area is 182 Å². The molecule has 3 aromatic heterocycles. The molecular formula is C21H14F3N3O2S2. The molecule has 158 valence electrons. The van der Waals surface area contributed by atoms with Gasteiger partial charge in [-0.3, -0.25) is 9.59 Å². The number of benzene rings is 1. The quantitative estimate of drug-likeness (QED) is 0.379. The van der Waals surface area contributed by atoms with E-state index in [1.54, 1.807) is 23.6 Å². The molecule has 0 unspecified atom stereocenters. The lowest BCUT2D eigenvalue weighted by molar-refractivity contribution is -0.141. The average Bonchev–Trinajstić information content (AvgIpc) is 3.36. The third kappa shape index (κ3) is 4.04. The molecule has 31 heavy (non-hydrogen) atoms. The molecule has 0 atom stereocenters. The van der Waals surface area contributed by atoms with Crippen LogP contribution in [0.25, 0.3) is 10.2 Å². The Morgan fingerprint density at radius 3 is 2.45 bits per heavy atom. The van der Waals surface area contributed by atoms with E-state index in [0.29, 0.717) is 5.69 Å². The largest absolute Gasteiger partial charge is 0.434 e. The second-order valence-electron chi connectivity index (χ2n) is 6.71. The predicted molar refractivity (Wildman–Crippen MR) is 116 cm³/mol. The normalized spacial score (nSPS) is 11.6. The molecular weight excluding hydrogens is 447 g/mol. The van der Waals surface area contributed by atoms with Crippen LogP contribution in [0.15, 0.2) is 47.8 Å². The summed E-state index contributed by atoms with van der Waals surface area (Å²) in [5.74, 6) is -1.36. The summed E-state index contributed by atoms with van der Waals surface area (Å²) in [6.07, 6.45) is -4.85. The van der Waals surface area contributed by atoms with Crippen LogP contribution in [0.2, 0.25) is 0 Å².